The summed E-state index contributed by atoms with van der Waals surface area (Å²) in [5.74, 6) is -0.205. The lowest BCUT2D eigenvalue weighted by Gasteiger charge is -2.02. The quantitative estimate of drug-likeness (QED) is 0.636. The Kier molecular flexibility index (Phi) is 2.85. The van der Waals surface area contributed by atoms with Gasteiger partial charge in [0, 0.05) is 18.1 Å². The van der Waals surface area contributed by atoms with E-state index in [2.05, 4.69) is 15.6 Å². The van der Waals surface area contributed by atoms with E-state index < -0.39 is 0 Å². The van der Waals surface area contributed by atoms with Crippen molar-refractivity contribution >= 4 is 29.3 Å². The van der Waals surface area contributed by atoms with Crippen LogP contribution < -0.4 is 10.6 Å². The van der Waals surface area contributed by atoms with Crippen LogP contribution in [0.15, 0.2) is 48.7 Å². The van der Waals surface area contributed by atoms with Crippen molar-refractivity contribution in [2.24, 2.45) is 0 Å². The lowest BCUT2D eigenvalue weighted by atomic mass is 10.1. The zero-order valence-electron chi connectivity index (χ0n) is 9.83. The van der Waals surface area contributed by atoms with Gasteiger partial charge >= 0.3 is 0 Å². The Bertz CT molecular complexity index is 658. The fourth-order valence-corrected chi connectivity index (χ4v) is 2.01. The summed E-state index contributed by atoms with van der Waals surface area (Å²) >= 11 is 4.87. The average Bonchev–Trinajstić information content (AvgIpc) is 3.01. The van der Waals surface area contributed by atoms with Gasteiger partial charge in [-0.2, -0.15) is 0 Å². The van der Waals surface area contributed by atoms with Crippen LogP contribution in [0.2, 0.25) is 0 Å². The molecule has 1 fully saturated rings. The predicted molar refractivity (Wildman–Crippen MR) is 75.4 cm³/mol. The maximum absolute atomic E-state index is 11.5. The third-order valence-electron chi connectivity index (χ3n) is 2.73. The van der Waals surface area contributed by atoms with Crippen LogP contribution in [-0.2, 0) is 4.79 Å². The zero-order valence-corrected chi connectivity index (χ0v) is 10.6. The van der Waals surface area contributed by atoms with Gasteiger partial charge in [0.25, 0.3) is 5.91 Å². The zero-order chi connectivity index (χ0) is 13.2. The van der Waals surface area contributed by atoms with E-state index in [-0.39, 0.29) is 5.91 Å². The summed E-state index contributed by atoms with van der Waals surface area (Å²) in [6.45, 7) is 0. The molecule has 3 rings (SSSR count). The van der Waals surface area contributed by atoms with Gasteiger partial charge in [0.05, 0.1) is 6.33 Å². The Morgan fingerprint density at radius 3 is 2.58 bits per heavy atom. The van der Waals surface area contributed by atoms with E-state index in [0.29, 0.717) is 10.8 Å². The SMILES string of the molecule is O=C1NC(=S)N/C1=C\c1ccc(-n2ccnc2)cc1. The van der Waals surface area contributed by atoms with E-state index in [0.717, 1.165) is 11.3 Å². The molecule has 1 saturated heterocycles. The molecule has 0 saturated carbocycles. The molecule has 0 spiro atoms. The maximum Gasteiger partial charge on any atom is 0.273 e. The second kappa shape index (κ2) is 4.66. The average molecular weight is 270 g/mol. The van der Waals surface area contributed by atoms with Crippen molar-refractivity contribution in [2.45, 2.75) is 0 Å². The molecular formula is C13H10N4OS. The molecule has 94 valence electrons. The van der Waals surface area contributed by atoms with Crippen molar-refractivity contribution in [1.82, 2.24) is 20.2 Å². The first-order valence-corrected chi connectivity index (χ1v) is 6.05. The predicted octanol–water partition coefficient (Wildman–Crippen LogP) is 1.22. The Morgan fingerprint density at radius 2 is 2.00 bits per heavy atom. The fourth-order valence-electron chi connectivity index (χ4n) is 1.80. The van der Waals surface area contributed by atoms with Crippen LogP contribution >= 0.6 is 12.2 Å². The lowest BCUT2D eigenvalue weighted by Crippen LogP contribution is -2.21. The number of carbonyl (C=O) groups is 1. The second-order valence-corrected chi connectivity index (χ2v) is 4.44. The molecule has 6 heteroatoms. The minimum Gasteiger partial charge on any atom is -0.328 e. The monoisotopic (exact) mass is 270 g/mol. The summed E-state index contributed by atoms with van der Waals surface area (Å²) in [4.78, 5) is 15.5. The number of nitrogens with zero attached hydrogens (tertiary/aromatic N) is 2. The molecule has 1 amide bonds. The number of thiocarbonyl (C=S) groups is 1. The van der Waals surface area contributed by atoms with Gasteiger partial charge in [0.1, 0.15) is 5.70 Å². The van der Waals surface area contributed by atoms with Crippen molar-refractivity contribution < 1.29 is 4.79 Å². The van der Waals surface area contributed by atoms with Gasteiger partial charge in [-0.3, -0.25) is 10.1 Å². The van der Waals surface area contributed by atoms with Gasteiger partial charge < -0.3 is 9.88 Å². The highest BCUT2D eigenvalue weighted by molar-refractivity contribution is 7.80. The minimum absolute atomic E-state index is 0.205. The molecule has 0 bridgehead atoms. The summed E-state index contributed by atoms with van der Waals surface area (Å²) in [5, 5.41) is 5.67. The first-order chi connectivity index (χ1) is 9.22. The standard InChI is InChI=1S/C13H10N4OS/c18-12-11(15-13(19)16-12)7-9-1-3-10(4-2-9)17-6-5-14-8-17/h1-8H,(H2,15,16,18,19)/b11-7-. The summed E-state index contributed by atoms with van der Waals surface area (Å²) in [5.41, 5.74) is 2.39. The molecule has 5 nitrogen and oxygen atoms in total. The molecule has 0 aliphatic carbocycles. The molecular weight excluding hydrogens is 260 g/mol. The van der Waals surface area contributed by atoms with Crippen LogP contribution in [0, 0.1) is 0 Å². The number of carbonyl (C=O) groups excluding carboxylic acids is 1. The van der Waals surface area contributed by atoms with Crippen LogP contribution in [-0.4, -0.2) is 20.6 Å². The molecule has 0 unspecified atom stereocenters. The number of nitrogens with one attached hydrogen (secondary N) is 2. The summed E-state index contributed by atoms with van der Waals surface area (Å²) in [6.07, 6.45) is 7.09. The van der Waals surface area contributed by atoms with E-state index >= 15 is 0 Å². The number of hydrogen-bond donors (Lipinski definition) is 2. The van der Waals surface area contributed by atoms with Crippen LogP contribution in [0.3, 0.4) is 0 Å². The molecule has 0 radical (unpaired) electrons. The van der Waals surface area contributed by atoms with Gasteiger partial charge in [0.2, 0.25) is 0 Å². The van der Waals surface area contributed by atoms with E-state index in [4.69, 9.17) is 12.2 Å². The lowest BCUT2D eigenvalue weighted by molar-refractivity contribution is -0.115. The Balaban J connectivity index is 1.86. The molecule has 2 N–H and O–H groups in total. The normalized spacial score (nSPS) is 16.5. The highest BCUT2D eigenvalue weighted by Crippen LogP contribution is 2.12. The topological polar surface area (TPSA) is 59.0 Å². The van der Waals surface area contributed by atoms with Gasteiger partial charge in [0.15, 0.2) is 5.11 Å². The van der Waals surface area contributed by atoms with Crippen LogP contribution in [0.4, 0.5) is 0 Å². The number of aromatic nitrogens is 2. The van der Waals surface area contributed by atoms with E-state index in [1.165, 1.54) is 0 Å². The van der Waals surface area contributed by atoms with Crippen molar-refractivity contribution in [3.63, 3.8) is 0 Å². The first-order valence-electron chi connectivity index (χ1n) is 5.65. The van der Waals surface area contributed by atoms with Crippen LogP contribution in [0.1, 0.15) is 5.56 Å². The maximum atomic E-state index is 11.5. The van der Waals surface area contributed by atoms with Crippen molar-refractivity contribution in [3.05, 3.63) is 54.2 Å². The third kappa shape index (κ3) is 2.38. The van der Waals surface area contributed by atoms with Crippen molar-refractivity contribution in [1.29, 1.82) is 0 Å². The van der Waals surface area contributed by atoms with Crippen molar-refractivity contribution in [3.8, 4) is 5.69 Å². The number of hydrogen-bond acceptors (Lipinski definition) is 3. The van der Waals surface area contributed by atoms with Gasteiger partial charge in [-0.15, -0.1) is 0 Å². The van der Waals surface area contributed by atoms with Crippen LogP contribution in [0.25, 0.3) is 11.8 Å². The highest BCUT2D eigenvalue weighted by Gasteiger charge is 2.19. The summed E-state index contributed by atoms with van der Waals surface area (Å²) in [7, 11) is 0. The molecule has 1 aliphatic rings. The third-order valence-corrected chi connectivity index (χ3v) is 2.93. The van der Waals surface area contributed by atoms with E-state index in [1.54, 1.807) is 18.6 Å². The van der Waals surface area contributed by atoms with Crippen molar-refractivity contribution in [2.75, 3.05) is 0 Å². The minimum atomic E-state index is -0.205. The smallest absolute Gasteiger partial charge is 0.273 e. The van der Waals surface area contributed by atoms with E-state index in [9.17, 15) is 4.79 Å². The molecule has 1 aliphatic heterocycles. The number of rotatable bonds is 2. The van der Waals surface area contributed by atoms with E-state index in [1.807, 2.05) is 35.0 Å². The van der Waals surface area contributed by atoms with Gasteiger partial charge in [-0.05, 0) is 36.0 Å². The number of benzene rings is 1. The Hall–Kier alpha value is -2.47. The molecule has 0 atom stereocenters. The van der Waals surface area contributed by atoms with Gasteiger partial charge in [-0.25, -0.2) is 4.98 Å². The number of imidazole rings is 1. The summed E-state index contributed by atoms with van der Waals surface area (Å²) < 4.78 is 1.91. The Labute approximate surface area is 115 Å². The fraction of sp³-hybridized carbons (Fsp3) is 0. The highest BCUT2D eigenvalue weighted by atomic mass is 32.1. The molecule has 19 heavy (non-hydrogen) atoms. The van der Waals surface area contributed by atoms with Gasteiger partial charge in [-0.1, -0.05) is 12.1 Å². The Morgan fingerprint density at radius 1 is 1.21 bits per heavy atom. The number of amides is 1. The molecule has 2 heterocycles. The van der Waals surface area contributed by atoms with Crippen LogP contribution in [0.5, 0.6) is 0 Å². The summed E-state index contributed by atoms with van der Waals surface area (Å²) in [6, 6.07) is 7.77. The molecule has 1 aromatic carbocycles. The largest absolute Gasteiger partial charge is 0.328 e. The molecule has 2 aromatic rings. The second-order valence-electron chi connectivity index (χ2n) is 4.03. The first kappa shape index (κ1) is 11.6. The molecule has 1 aromatic heterocycles.